The Balaban J connectivity index is 2.01. The molecule has 1 aliphatic rings. The minimum atomic E-state index is -0.952. The predicted octanol–water partition coefficient (Wildman–Crippen LogP) is 2.78. The Labute approximate surface area is 131 Å². The number of nitriles is 1. The summed E-state index contributed by atoms with van der Waals surface area (Å²) in [6.45, 7) is 6.41. The molecule has 1 aromatic carbocycles. The average molecular weight is 302 g/mol. The number of piperidine rings is 1. The molecule has 0 spiro atoms. The van der Waals surface area contributed by atoms with Gasteiger partial charge in [0, 0.05) is 13.1 Å². The molecule has 118 valence electrons. The molecule has 1 aromatic rings. The molecule has 1 heterocycles. The summed E-state index contributed by atoms with van der Waals surface area (Å²) in [5.74, 6) is 0. The monoisotopic (exact) mass is 302 g/mol. The van der Waals surface area contributed by atoms with Gasteiger partial charge >= 0.3 is 6.09 Å². The molecule has 22 heavy (non-hydrogen) atoms. The Hall–Kier alpha value is -2.06. The number of carbonyl (C=O) groups excluding carboxylic acids is 1. The highest BCUT2D eigenvalue weighted by atomic mass is 16.6. The van der Waals surface area contributed by atoms with E-state index in [0.717, 1.165) is 5.56 Å². The van der Waals surface area contributed by atoms with Crippen molar-refractivity contribution >= 4 is 6.09 Å². The average Bonchev–Trinajstić information content (AvgIpc) is 2.46. The summed E-state index contributed by atoms with van der Waals surface area (Å²) in [5.41, 5.74) is -0.112. The molecule has 1 aliphatic heterocycles. The van der Waals surface area contributed by atoms with E-state index in [1.54, 1.807) is 29.2 Å². The fraction of sp³-hybridized carbons (Fsp3) is 0.529. The normalized spacial score (nSPS) is 17.7. The smallest absolute Gasteiger partial charge is 0.410 e. The van der Waals surface area contributed by atoms with E-state index in [-0.39, 0.29) is 6.09 Å². The molecule has 1 N–H and O–H groups in total. The van der Waals surface area contributed by atoms with Gasteiger partial charge in [0.25, 0.3) is 0 Å². The first kappa shape index (κ1) is 16.3. The summed E-state index contributed by atoms with van der Waals surface area (Å²) in [6, 6.07) is 9.03. The van der Waals surface area contributed by atoms with Gasteiger partial charge in [-0.25, -0.2) is 4.79 Å². The third-order valence-electron chi connectivity index (χ3n) is 3.79. The summed E-state index contributed by atoms with van der Waals surface area (Å²) in [6.07, 6.45) is 0.574. The highest BCUT2D eigenvalue weighted by Crippen LogP contribution is 2.33. The lowest BCUT2D eigenvalue weighted by atomic mass is 9.84. The number of nitrogens with zero attached hydrogens (tertiary/aromatic N) is 2. The van der Waals surface area contributed by atoms with Crippen LogP contribution < -0.4 is 0 Å². The maximum atomic E-state index is 12.0. The van der Waals surface area contributed by atoms with Crippen molar-refractivity contribution in [2.75, 3.05) is 13.1 Å². The maximum absolute atomic E-state index is 12.0. The zero-order chi connectivity index (χ0) is 16.4. The number of hydrogen-bond donors (Lipinski definition) is 1. The number of benzene rings is 1. The molecule has 5 nitrogen and oxygen atoms in total. The lowest BCUT2D eigenvalue weighted by Crippen LogP contribution is -2.46. The van der Waals surface area contributed by atoms with Crippen LogP contribution in [0.3, 0.4) is 0 Å². The topological polar surface area (TPSA) is 73.6 Å². The first-order valence-corrected chi connectivity index (χ1v) is 7.44. The Morgan fingerprint density at radius 3 is 2.27 bits per heavy atom. The standard InChI is InChI=1S/C17H22N2O3/c1-16(2,3)22-15(20)19-10-8-17(21,9-11-19)14-6-4-13(12-18)5-7-14/h4-7,21H,8-11H2,1-3H3. The maximum Gasteiger partial charge on any atom is 0.410 e. The molecule has 0 saturated carbocycles. The second-order valence-corrected chi connectivity index (χ2v) is 6.69. The van der Waals surface area contributed by atoms with Crippen molar-refractivity contribution in [3.8, 4) is 6.07 Å². The van der Waals surface area contributed by atoms with Crippen molar-refractivity contribution in [2.24, 2.45) is 0 Å². The Kier molecular flexibility index (Phi) is 4.43. The number of ether oxygens (including phenoxy) is 1. The molecule has 5 heteroatoms. The number of likely N-dealkylation sites (tertiary alicyclic amines) is 1. The van der Waals surface area contributed by atoms with E-state index >= 15 is 0 Å². The third kappa shape index (κ3) is 3.77. The van der Waals surface area contributed by atoms with Gasteiger partial charge in [-0.15, -0.1) is 0 Å². The minimum Gasteiger partial charge on any atom is -0.444 e. The van der Waals surface area contributed by atoms with Crippen LogP contribution in [0.5, 0.6) is 0 Å². The summed E-state index contributed by atoms with van der Waals surface area (Å²) in [5, 5.41) is 19.6. The van der Waals surface area contributed by atoms with Gasteiger partial charge < -0.3 is 14.7 Å². The number of carbonyl (C=O) groups is 1. The number of amides is 1. The number of hydrogen-bond acceptors (Lipinski definition) is 4. The Bertz CT molecular complexity index is 573. The van der Waals surface area contributed by atoms with Crippen molar-refractivity contribution in [3.05, 3.63) is 35.4 Å². The fourth-order valence-electron chi connectivity index (χ4n) is 2.53. The van der Waals surface area contributed by atoms with Crippen LogP contribution in [0.15, 0.2) is 24.3 Å². The zero-order valence-electron chi connectivity index (χ0n) is 13.3. The van der Waals surface area contributed by atoms with E-state index in [4.69, 9.17) is 10.00 Å². The Morgan fingerprint density at radius 2 is 1.82 bits per heavy atom. The second-order valence-electron chi connectivity index (χ2n) is 6.69. The van der Waals surface area contributed by atoms with Crippen molar-refractivity contribution in [1.82, 2.24) is 4.90 Å². The molecular formula is C17H22N2O3. The van der Waals surface area contributed by atoms with Gasteiger partial charge in [0.05, 0.1) is 17.2 Å². The summed E-state index contributed by atoms with van der Waals surface area (Å²) in [7, 11) is 0. The lowest BCUT2D eigenvalue weighted by molar-refractivity contribution is -0.0356. The summed E-state index contributed by atoms with van der Waals surface area (Å²) < 4.78 is 5.35. The SMILES string of the molecule is CC(C)(C)OC(=O)N1CCC(O)(c2ccc(C#N)cc2)CC1. The molecular weight excluding hydrogens is 280 g/mol. The fourth-order valence-corrected chi connectivity index (χ4v) is 2.53. The van der Waals surface area contributed by atoms with E-state index in [9.17, 15) is 9.90 Å². The summed E-state index contributed by atoms with van der Waals surface area (Å²) in [4.78, 5) is 13.7. The quantitative estimate of drug-likeness (QED) is 0.865. The van der Waals surface area contributed by atoms with Crippen molar-refractivity contribution in [2.45, 2.75) is 44.8 Å². The van der Waals surface area contributed by atoms with Crippen LogP contribution in [0.2, 0.25) is 0 Å². The van der Waals surface area contributed by atoms with E-state index < -0.39 is 11.2 Å². The molecule has 1 saturated heterocycles. The molecule has 0 unspecified atom stereocenters. The van der Waals surface area contributed by atoms with Crippen LogP contribution in [0, 0.1) is 11.3 Å². The third-order valence-corrected chi connectivity index (χ3v) is 3.79. The van der Waals surface area contributed by atoms with E-state index in [0.29, 0.717) is 31.5 Å². The summed E-state index contributed by atoms with van der Waals surface area (Å²) >= 11 is 0. The molecule has 0 aromatic heterocycles. The van der Waals surface area contributed by atoms with Crippen LogP contribution in [0.4, 0.5) is 4.79 Å². The van der Waals surface area contributed by atoms with Crippen LogP contribution >= 0.6 is 0 Å². The lowest BCUT2D eigenvalue weighted by Gasteiger charge is -2.38. The van der Waals surface area contributed by atoms with Crippen LogP contribution in [-0.4, -0.2) is 34.8 Å². The highest BCUT2D eigenvalue weighted by molar-refractivity contribution is 5.68. The molecule has 0 bridgehead atoms. The van der Waals surface area contributed by atoms with Gasteiger partial charge in [-0.3, -0.25) is 0 Å². The molecule has 0 atom stereocenters. The number of aliphatic hydroxyl groups is 1. The second kappa shape index (κ2) is 5.98. The van der Waals surface area contributed by atoms with Crippen LogP contribution in [-0.2, 0) is 10.3 Å². The molecule has 2 rings (SSSR count). The van der Waals surface area contributed by atoms with Gasteiger partial charge in [0.15, 0.2) is 0 Å². The minimum absolute atomic E-state index is 0.339. The van der Waals surface area contributed by atoms with Gasteiger partial charge in [-0.05, 0) is 51.3 Å². The van der Waals surface area contributed by atoms with Gasteiger partial charge in [0.2, 0.25) is 0 Å². The van der Waals surface area contributed by atoms with E-state index in [1.807, 2.05) is 20.8 Å². The Morgan fingerprint density at radius 1 is 1.27 bits per heavy atom. The molecule has 1 amide bonds. The van der Waals surface area contributed by atoms with Gasteiger partial charge in [-0.1, -0.05) is 12.1 Å². The van der Waals surface area contributed by atoms with Crippen molar-refractivity contribution in [3.63, 3.8) is 0 Å². The van der Waals surface area contributed by atoms with E-state index in [2.05, 4.69) is 6.07 Å². The number of rotatable bonds is 1. The predicted molar refractivity (Wildman–Crippen MR) is 82.1 cm³/mol. The first-order chi connectivity index (χ1) is 10.2. The van der Waals surface area contributed by atoms with Crippen molar-refractivity contribution in [1.29, 1.82) is 5.26 Å². The van der Waals surface area contributed by atoms with Gasteiger partial charge in [-0.2, -0.15) is 5.26 Å². The highest BCUT2D eigenvalue weighted by Gasteiger charge is 2.36. The molecule has 0 aliphatic carbocycles. The van der Waals surface area contributed by atoms with Gasteiger partial charge in [0.1, 0.15) is 5.60 Å². The zero-order valence-corrected chi connectivity index (χ0v) is 13.3. The van der Waals surface area contributed by atoms with Crippen LogP contribution in [0.25, 0.3) is 0 Å². The first-order valence-electron chi connectivity index (χ1n) is 7.44. The molecule has 1 fully saturated rings. The van der Waals surface area contributed by atoms with E-state index in [1.165, 1.54) is 0 Å². The van der Waals surface area contributed by atoms with Crippen molar-refractivity contribution < 1.29 is 14.6 Å². The largest absolute Gasteiger partial charge is 0.444 e. The molecule has 0 radical (unpaired) electrons. The van der Waals surface area contributed by atoms with Crippen LogP contribution in [0.1, 0.15) is 44.7 Å².